The third-order valence-electron chi connectivity index (χ3n) is 4.44. The van der Waals surface area contributed by atoms with Gasteiger partial charge in [-0.15, -0.1) is 0 Å². The van der Waals surface area contributed by atoms with Crippen LogP contribution in [0.2, 0.25) is 0 Å². The number of hydrogen-bond donors (Lipinski definition) is 0. The zero-order valence-electron chi connectivity index (χ0n) is 12.1. The van der Waals surface area contributed by atoms with Crippen LogP contribution in [0.5, 0.6) is 0 Å². The first kappa shape index (κ1) is 13.8. The molecule has 4 heteroatoms. The number of likely N-dealkylation sites (N-methyl/N-ethyl adjacent to an activating group) is 1. The van der Waals surface area contributed by atoms with Gasteiger partial charge in [-0.2, -0.15) is 0 Å². The van der Waals surface area contributed by atoms with Crippen LogP contribution in [0.1, 0.15) is 25.7 Å². The highest BCUT2D eigenvalue weighted by Gasteiger charge is 2.30. The van der Waals surface area contributed by atoms with Gasteiger partial charge in [-0.3, -0.25) is 9.69 Å². The lowest BCUT2D eigenvalue weighted by Gasteiger charge is -2.41. The molecule has 2 rings (SSSR count). The molecule has 4 nitrogen and oxygen atoms in total. The van der Waals surface area contributed by atoms with Gasteiger partial charge in [0.2, 0.25) is 5.91 Å². The maximum absolute atomic E-state index is 11.7. The van der Waals surface area contributed by atoms with Crippen LogP contribution >= 0.6 is 0 Å². The Bertz CT molecular complexity index is 285. The molecule has 104 valence electrons. The standard InChI is InChI=1S/C14H27N3O/c1-15(2)10-12-4-6-13(7-5-12)17-9-8-16(3)14(18)11-17/h12-13H,4-11H2,1-3H3. The Balaban J connectivity index is 1.78. The minimum atomic E-state index is 0.289. The van der Waals surface area contributed by atoms with Crippen LogP contribution < -0.4 is 0 Å². The first-order chi connectivity index (χ1) is 8.56. The molecular formula is C14H27N3O. The normalized spacial score (nSPS) is 31.1. The minimum absolute atomic E-state index is 0.289. The van der Waals surface area contributed by atoms with Crippen LogP contribution in [-0.2, 0) is 4.79 Å². The maximum Gasteiger partial charge on any atom is 0.236 e. The van der Waals surface area contributed by atoms with E-state index in [0.717, 1.165) is 19.0 Å². The number of carbonyl (C=O) groups excluding carboxylic acids is 1. The fourth-order valence-corrected chi connectivity index (χ4v) is 3.30. The number of hydrogen-bond acceptors (Lipinski definition) is 3. The lowest BCUT2D eigenvalue weighted by molar-refractivity contribution is -0.135. The van der Waals surface area contributed by atoms with Crippen molar-refractivity contribution in [2.75, 3.05) is 47.3 Å². The summed E-state index contributed by atoms with van der Waals surface area (Å²) in [5.74, 6) is 1.15. The second-order valence-electron chi connectivity index (χ2n) is 6.22. The van der Waals surface area contributed by atoms with Crippen molar-refractivity contribution in [3.8, 4) is 0 Å². The van der Waals surface area contributed by atoms with Crippen molar-refractivity contribution in [3.63, 3.8) is 0 Å². The number of piperazine rings is 1. The lowest BCUT2D eigenvalue weighted by Crippen LogP contribution is -2.53. The number of rotatable bonds is 3. The van der Waals surface area contributed by atoms with Crippen molar-refractivity contribution in [3.05, 3.63) is 0 Å². The lowest BCUT2D eigenvalue weighted by atomic mass is 9.85. The van der Waals surface area contributed by atoms with Crippen molar-refractivity contribution in [2.24, 2.45) is 5.92 Å². The molecule has 2 aliphatic rings. The van der Waals surface area contributed by atoms with Gasteiger partial charge in [0.15, 0.2) is 0 Å². The third-order valence-corrected chi connectivity index (χ3v) is 4.44. The Hall–Kier alpha value is -0.610. The predicted molar refractivity (Wildman–Crippen MR) is 73.5 cm³/mol. The molecular weight excluding hydrogens is 226 g/mol. The first-order valence-electron chi connectivity index (χ1n) is 7.19. The fourth-order valence-electron chi connectivity index (χ4n) is 3.30. The van der Waals surface area contributed by atoms with Crippen LogP contribution in [0.4, 0.5) is 0 Å². The van der Waals surface area contributed by atoms with Crippen molar-refractivity contribution in [1.29, 1.82) is 0 Å². The SMILES string of the molecule is CN(C)CC1CCC(N2CCN(C)C(=O)C2)CC1. The van der Waals surface area contributed by atoms with Crippen LogP contribution in [0.3, 0.4) is 0 Å². The van der Waals surface area contributed by atoms with Gasteiger partial charge < -0.3 is 9.80 Å². The molecule has 0 N–H and O–H groups in total. The third kappa shape index (κ3) is 3.45. The Morgan fingerprint density at radius 3 is 2.39 bits per heavy atom. The summed E-state index contributed by atoms with van der Waals surface area (Å²) in [6.07, 6.45) is 5.19. The van der Waals surface area contributed by atoms with E-state index in [2.05, 4.69) is 23.9 Å². The summed E-state index contributed by atoms with van der Waals surface area (Å²) in [7, 11) is 6.23. The molecule has 1 saturated heterocycles. The fraction of sp³-hybridized carbons (Fsp3) is 0.929. The van der Waals surface area contributed by atoms with Gasteiger partial charge >= 0.3 is 0 Å². The van der Waals surface area contributed by atoms with Gasteiger partial charge in [0, 0.05) is 32.7 Å². The van der Waals surface area contributed by atoms with E-state index < -0.39 is 0 Å². The van der Waals surface area contributed by atoms with E-state index in [-0.39, 0.29) is 5.91 Å². The number of amides is 1. The highest BCUT2D eigenvalue weighted by molar-refractivity contribution is 5.78. The van der Waals surface area contributed by atoms with Gasteiger partial charge in [-0.05, 0) is 45.7 Å². The Kier molecular flexibility index (Phi) is 4.62. The van der Waals surface area contributed by atoms with Crippen molar-refractivity contribution in [2.45, 2.75) is 31.7 Å². The molecule has 1 amide bonds. The Morgan fingerprint density at radius 1 is 1.17 bits per heavy atom. The van der Waals surface area contributed by atoms with E-state index in [1.807, 2.05) is 11.9 Å². The van der Waals surface area contributed by atoms with Crippen LogP contribution in [0.25, 0.3) is 0 Å². The number of nitrogens with zero attached hydrogens (tertiary/aromatic N) is 3. The summed E-state index contributed by atoms with van der Waals surface area (Å²) in [4.78, 5) is 18.3. The second-order valence-corrected chi connectivity index (χ2v) is 6.22. The average Bonchev–Trinajstić information content (AvgIpc) is 2.33. The molecule has 1 aliphatic heterocycles. The van der Waals surface area contributed by atoms with Gasteiger partial charge in [-0.25, -0.2) is 0 Å². The summed E-state index contributed by atoms with van der Waals surface area (Å²) >= 11 is 0. The smallest absolute Gasteiger partial charge is 0.236 e. The minimum Gasteiger partial charge on any atom is -0.343 e. The summed E-state index contributed by atoms with van der Waals surface area (Å²) in [5.41, 5.74) is 0. The predicted octanol–water partition coefficient (Wildman–Crippen LogP) is 0.881. The number of carbonyl (C=O) groups is 1. The zero-order chi connectivity index (χ0) is 13.1. The Morgan fingerprint density at radius 2 is 1.83 bits per heavy atom. The van der Waals surface area contributed by atoms with E-state index in [1.54, 1.807) is 0 Å². The highest BCUT2D eigenvalue weighted by atomic mass is 16.2. The van der Waals surface area contributed by atoms with E-state index in [1.165, 1.54) is 32.2 Å². The molecule has 0 aromatic rings. The molecule has 2 fully saturated rings. The molecule has 0 atom stereocenters. The van der Waals surface area contributed by atoms with E-state index >= 15 is 0 Å². The van der Waals surface area contributed by atoms with Gasteiger partial charge in [0.05, 0.1) is 6.54 Å². The maximum atomic E-state index is 11.7. The summed E-state index contributed by atoms with van der Waals surface area (Å²) in [6.45, 7) is 3.82. The van der Waals surface area contributed by atoms with E-state index in [4.69, 9.17) is 0 Å². The van der Waals surface area contributed by atoms with Gasteiger partial charge in [-0.1, -0.05) is 0 Å². The molecule has 0 spiro atoms. The molecule has 0 radical (unpaired) electrons. The topological polar surface area (TPSA) is 26.8 Å². The molecule has 0 aromatic heterocycles. The van der Waals surface area contributed by atoms with E-state index in [0.29, 0.717) is 12.6 Å². The van der Waals surface area contributed by atoms with Crippen molar-refractivity contribution in [1.82, 2.24) is 14.7 Å². The summed E-state index contributed by atoms with van der Waals surface area (Å²) in [6, 6.07) is 0.654. The molecule has 1 heterocycles. The van der Waals surface area contributed by atoms with Crippen molar-refractivity contribution < 1.29 is 4.79 Å². The van der Waals surface area contributed by atoms with Gasteiger partial charge in [0.1, 0.15) is 0 Å². The van der Waals surface area contributed by atoms with Crippen LogP contribution in [0.15, 0.2) is 0 Å². The first-order valence-corrected chi connectivity index (χ1v) is 7.19. The zero-order valence-corrected chi connectivity index (χ0v) is 12.1. The van der Waals surface area contributed by atoms with Crippen molar-refractivity contribution >= 4 is 5.91 Å². The molecule has 0 aromatic carbocycles. The summed E-state index contributed by atoms with van der Waals surface area (Å²) < 4.78 is 0. The molecule has 18 heavy (non-hydrogen) atoms. The molecule has 0 bridgehead atoms. The van der Waals surface area contributed by atoms with Crippen LogP contribution in [0, 0.1) is 5.92 Å². The summed E-state index contributed by atoms with van der Waals surface area (Å²) in [5, 5.41) is 0. The largest absolute Gasteiger partial charge is 0.343 e. The average molecular weight is 253 g/mol. The van der Waals surface area contributed by atoms with Crippen LogP contribution in [-0.4, -0.2) is 74.0 Å². The molecule has 1 saturated carbocycles. The van der Waals surface area contributed by atoms with E-state index in [9.17, 15) is 4.79 Å². The molecule has 1 aliphatic carbocycles. The Labute approximate surface area is 111 Å². The monoisotopic (exact) mass is 253 g/mol. The highest BCUT2D eigenvalue weighted by Crippen LogP contribution is 2.28. The quantitative estimate of drug-likeness (QED) is 0.747. The molecule has 0 unspecified atom stereocenters. The second kappa shape index (κ2) is 6.02. The van der Waals surface area contributed by atoms with Gasteiger partial charge in [0.25, 0.3) is 0 Å².